The van der Waals surface area contributed by atoms with Crippen LogP contribution >= 0.6 is 0 Å². The molecule has 0 radical (unpaired) electrons. The van der Waals surface area contributed by atoms with Gasteiger partial charge in [0, 0.05) is 25.7 Å². The Labute approximate surface area is 143 Å². The van der Waals surface area contributed by atoms with Gasteiger partial charge in [0.25, 0.3) is 5.91 Å². The largest absolute Gasteiger partial charge is 0.368 e. The Balaban J connectivity index is 1.80. The van der Waals surface area contributed by atoms with Gasteiger partial charge in [-0.25, -0.2) is 13.1 Å². The zero-order valence-corrected chi connectivity index (χ0v) is 14.9. The van der Waals surface area contributed by atoms with Crippen LogP contribution < -0.4 is 4.72 Å². The first kappa shape index (κ1) is 17.4. The highest BCUT2D eigenvalue weighted by atomic mass is 32.2. The molecule has 2 aliphatic heterocycles. The van der Waals surface area contributed by atoms with Gasteiger partial charge in [-0.05, 0) is 56.4 Å². The van der Waals surface area contributed by atoms with E-state index in [-0.39, 0.29) is 22.9 Å². The third-order valence-electron chi connectivity index (χ3n) is 4.41. The van der Waals surface area contributed by atoms with E-state index in [0.717, 1.165) is 30.4 Å². The Morgan fingerprint density at radius 1 is 1.33 bits per heavy atom. The maximum Gasteiger partial charge on any atom is 0.252 e. The van der Waals surface area contributed by atoms with Crippen LogP contribution in [0.15, 0.2) is 23.1 Å². The number of fused-ring (bicyclic) bond motifs is 1. The van der Waals surface area contributed by atoms with Crippen molar-refractivity contribution in [1.29, 1.82) is 0 Å². The zero-order valence-electron chi connectivity index (χ0n) is 14.1. The van der Waals surface area contributed by atoms with Gasteiger partial charge < -0.3 is 9.64 Å². The lowest BCUT2D eigenvalue weighted by Crippen LogP contribution is -2.42. The summed E-state index contributed by atoms with van der Waals surface area (Å²) >= 11 is 0. The SMILES string of the molecule is CC(C)NS(=O)(=O)c1ccc2c(c1)CN(C(=O)C1CCCO1)CC2. The Morgan fingerprint density at radius 3 is 2.79 bits per heavy atom. The molecule has 1 atom stereocenters. The molecule has 2 heterocycles. The van der Waals surface area contributed by atoms with Gasteiger partial charge in [-0.15, -0.1) is 0 Å². The molecule has 7 heteroatoms. The van der Waals surface area contributed by atoms with E-state index in [1.807, 2.05) is 6.07 Å². The third kappa shape index (κ3) is 3.63. The number of hydrogen-bond acceptors (Lipinski definition) is 4. The van der Waals surface area contributed by atoms with Crippen molar-refractivity contribution in [2.75, 3.05) is 13.2 Å². The van der Waals surface area contributed by atoms with Crippen LogP contribution in [0.1, 0.15) is 37.8 Å². The molecule has 1 unspecified atom stereocenters. The summed E-state index contributed by atoms with van der Waals surface area (Å²) in [7, 11) is -3.52. The molecular formula is C17H24N2O4S. The van der Waals surface area contributed by atoms with Crippen molar-refractivity contribution in [2.45, 2.75) is 56.7 Å². The zero-order chi connectivity index (χ0) is 17.3. The minimum atomic E-state index is -3.52. The van der Waals surface area contributed by atoms with Crippen LogP contribution in [0, 0.1) is 0 Å². The van der Waals surface area contributed by atoms with Gasteiger partial charge in [-0.3, -0.25) is 4.79 Å². The number of nitrogens with zero attached hydrogens (tertiary/aromatic N) is 1. The molecule has 1 saturated heterocycles. The minimum absolute atomic E-state index is 0.0201. The summed E-state index contributed by atoms with van der Waals surface area (Å²) in [6.07, 6.45) is 2.10. The molecule has 1 amide bonds. The second-order valence-electron chi connectivity index (χ2n) is 6.72. The van der Waals surface area contributed by atoms with Crippen molar-refractivity contribution in [3.8, 4) is 0 Å². The molecule has 0 saturated carbocycles. The molecule has 24 heavy (non-hydrogen) atoms. The van der Waals surface area contributed by atoms with E-state index in [9.17, 15) is 13.2 Å². The summed E-state index contributed by atoms with van der Waals surface area (Å²) in [6.45, 7) is 5.32. The van der Waals surface area contributed by atoms with E-state index in [2.05, 4.69) is 4.72 Å². The molecule has 3 rings (SSSR count). The maximum absolute atomic E-state index is 12.5. The second kappa shape index (κ2) is 6.82. The maximum atomic E-state index is 12.5. The van der Waals surface area contributed by atoms with Gasteiger partial charge in [0.1, 0.15) is 6.10 Å². The first-order valence-electron chi connectivity index (χ1n) is 8.41. The molecule has 1 N–H and O–H groups in total. The number of amides is 1. The highest BCUT2D eigenvalue weighted by Crippen LogP contribution is 2.25. The van der Waals surface area contributed by atoms with E-state index in [4.69, 9.17) is 4.74 Å². The predicted octanol–water partition coefficient (Wildman–Crippen LogP) is 1.44. The van der Waals surface area contributed by atoms with Crippen molar-refractivity contribution in [3.05, 3.63) is 29.3 Å². The number of nitrogens with one attached hydrogen (secondary N) is 1. The predicted molar refractivity (Wildman–Crippen MR) is 90.0 cm³/mol. The van der Waals surface area contributed by atoms with Crippen LogP contribution in [-0.4, -0.2) is 44.5 Å². The minimum Gasteiger partial charge on any atom is -0.368 e. The smallest absolute Gasteiger partial charge is 0.252 e. The van der Waals surface area contributed by atoms with E-state index < -0.39 is 10.0 Å². The molecular weight excluding hydrogens is 328 g/mol. The third-order valence-corrected chi connectivity index (χ3v) is 6.06. The fourth-order valence-electron chi connectivity index (χ4n) is 3.24. The number of hydrogen-bond donors (Lipinski definition) is 1. The summed E-state index contributed by atoms with van der Waals surface area (Å²) in [5.74, 6) is 0.0201. The van der Waals surface area contributed by atoms with Gasteiger partial charge in [0.15, 0.2) is 0 Å². The summed E-state index contributed by atoms with van der Waals surface area (Å²) in [4.78, 5) is 14.5. The fraction of sp³-hybridized carbons (Fsp3) is 0.588. The average Bonchev–Trinajstić information content (AvgIpc) is 3.06. The molecule has 1 aromatic carbocycles. The normalized spacial score (nSPS) is 21.1. The Kier molecular flexibility index (Phi) is 4.94. The summed E-state index contributed by atoms with van der Waals surface area (Å²) in [6, 6.07) is 5.03. The standard InChI is InChI=1S/C17H24N2O4S/c1-12(2)18-24(21,22)15-6-5-13-7-8-19(11-14(13)10-15)17(20)16-4-3-9-23-16/h5-6,10,12,16,18H,3-4,7-9,11H2,1-2H3. The lowest BCUT2D eigenvalue weighted by molar-refractivity contribution is -0.141. The molecule has 6 nitrogen and oxygen atoms in total. The number of carbonyl (C=O) groups excluding carboxylic acids is 1. The lowest BCUT2D eigenvalue weighted by atomic mass is 9.99. The van der Waals surface area contributed by atoms with Gasteiger partial charge in [0.2, 0.25) is 10.0 Å². The topological polar surface area (TPSA) is 75.7 Å². The Morgan fingerprint density at radius 2 is 2.12 bits per heavy atom. The molecule has 1 aromatic rings. The fourth-order valence-corrected chi connectivity index (χ4v) is 4.54. The van der Waals surface area contributed by atoms with Crippen molar-refractivity contribution in [1.82, 2.24) is 9.62 Å². The summed E-state index contributed by atoms with van der Waals surface area (Å²) in [5.41, 5.74) is 2.01. The number of rotatable bonds is 4. The molecule has 0 bridgehead atoms. The Hall–Kier alpha value is -1.44. The van der Waals surface area contributed by atoms with Crippen LogP contribution in [0.4, 0.5) is 0 Å². The van der Waals surface area contributed by atoms with E-state index in [1.165, 1.54) is 0 Å². The summed E-state index contributed by atoms with van der Waals surface area (Å²) in [5, 5.41) is 0. The van der Waals surface area contributed by atoms with Gasteiger partial charge in [-0.2, -0.15) is 0 Å². The molecule has 2 aliphatic rings. The molecule has 0 aromatic heterocycles. The highest BCUT2D eigenvalue weighted by molar-refractivity contribution is 7.89. The molecule has 0 spiro atoms. The van der Waals surface area contributed by atoms with Crippen molar-refractivity contribution in [3.63, 3.8) is 0 Å². The molecule has 1 fully saturated rings. The van der Waals surface area contributed by atoms with Crippen LogP contribution in [0.2, 0.25) is 0 Å². The summed E-state index contributed by atoms with van der Waals surface area (Å²) < 4.78 is 32.8. The van der Waals surface area contributed by atoms with Gasteiger partial charge >= 0.3 is 0 Å². The van der Waals surface area contributed by atoms with Crippen molar-refractivity contribution >= 4 is 15.9 Å². The first-order chi connectivity index (χ1) is 11.4. The van der Waals surface area contributed by atoms with Crippen LogP contribution in [0.25, 0.3) is 0 Å². The van der Waals surface area contributed by atoms with Crippen LogP contribution in [0.3, 0.4) is 0 Å². The van der Waals surface area contributed by atoms with Gasteiger partial charge in [-0.1, -0.05) is 6.07 Å². The van der Waals surface area contributed by atoms with Crippen LogP contribution in [-0.2, 0) is 32.5 Å². The average molecular weight is 352 g/mol. The monoisotopic (exact) mass is 352 g/mol. The van der Waals surface area contributed by atoms with Crippen LogP contribution in [0.5, 0.6) is 0 Å². The van der Waals surface area contributed by atoms with Gasteiger partial charge in [0.05, 0.1) is 4.90 Å². The molecule has 132 valence electrons. The molecule has 0 aliphatic carbocycles. The number of benzene rings is 1. The first-order valence-corrected chi connectivity index (χ1v) is 9.89. The van der Waals surface area contributed by atoms with E-state index in [1.54, 1.807) is 30.9 Å². The quantitative estimate of drug-likeness (QED) is 0.890. The number of carbonyl (C=O) groups is 1. The Bertz CT molecular complexity index is 724. The highest BCUT2D eigenvalue weighted by Gasteiger charge is 2.30. The van der Waals surface area contributed by atoms with E-state index >= 15 is 0 Å². The van der Waals surface area contributed by atoms with Crippen molar-refractivity contribution < 1.29 is 17.9 Å². The number of sulfonamides is 1. The van der Waals surface area contributed by atoms with E-state index in [0.29, 0.717) is 19.7 Å². The number of ether oxygens (including phenoxy) is 1. The lowest BCUT2D eigenvalue weighted by Gasteiger charge is -2.31. The van der Waals surface area contributed by atoms with Crippen molar-refractivity contribution in [2.24, 2.45) is 0 Å². The second-order valence-corrected chi connectivity index (χ2v) is 8.43.